The number of hydrogen-bond acceptors (Lipinski definition) is 6. The van der Waals surface area contributed by atoms with Crippen LogP contribution in [0.3, 0.4) is 0 Å². The number of likely N-dealkylation sites (tertiary alicyclic amines) is 2. The lowest BCUT2D eigenvalue weighted by Crippen LogP contribution is -2.48. The van der Waals surface area contributed by atoms with Gasteiger partial charge in [0, 0.05) is 38.0 Å². The van der Waals surface area contributed by atoms with Crippen LogP contribution in [0.4, 0.5) is 18.4 Å². The highest BCUT2D eigenvalue weighted by Gasteiger charge is 2.36. The van der Waals surface area contributed by atoms with E-state index < -0.39 is 12.2 Å². The van der Waals surface area contributed by atoms with Gasteiger partial charge in [0.05, 0.1) is 12.1 Å². The highest BCUT2D eigenvalue weighted by Crippen LogP contribution is 2.35. The van der Waals surface area contributed by atoms with E-state index in [1.807, 2.05) is 88.4 Å². The second kappa shape index (κ2) is 21.1. The number of nitrogens with one attached hydrogen (secondary N) is 2. The van der Waals surface area contributed by atoms with E-state index in [9.17, 15) is 28.0 Å². The van der Waals surface area contributed by atoms with Gasteiger partial charge in [-0.15, -0.1) is 0 Å². The summed E-state index contributed by atoms with van der Waals surface area (Å²) >= 11 is 0. The Labute approximate surface area is 339 Å². The van der Waals surface area contributed by atoms with E-state index >= 15 is 0 Å². The van der Waals surface area contributed by atoms with Gasteiger partial charge in [-0.2, -0.15) is 0 Å². The van der Waals surface area contributed by atoms with Crippen molar-refractivity contribution in [3.63, 3.8) is 0 Å². The van der Waals surface area contributed by atoms with Gasteiger partial charge in [-0.05, 0) is 97.2 Å². The van der Waals surface area contributed by atoms with E-state index in [-0.39, 0.29) is 60.8 Å². The van der Waals surface area contributed by atoms with Crippen molar-refractivity contribution in [2.24, 2.45) is 0 Å². The molecule has 0 aliphatic carbocycles. The van der Waals surface area contributed by atoms with Gasteiger partial charge in [0.1, 0.15) is 24.8 Å². The van der Waals surface area contributed by atoms with Gasteiger partial charge in [-0.1, -0.05) is 86.6 Å². The molecule has 4 aromatic carbocycles. The van der Waals surface area contributed by atoms with Gasteiger partial charge >= 0.3 is 12.2 Å². The Morgan fingerprint density at radius 1 is 0.603 bits per heavy atom. The number of rotatable bonds is 10. The first kappa shape index (κ1) is 43.3. The van der Waals surface area contributed by atoms with E-state index in [1.54, 1.807) is 21.9 Å². The lowest BCUT2D eigenvalue weighted by atomic mass is 9.89. The highest BCUT2D eigenvalue weighted by atomic mass is 19.1. The van der Waals surface area contributed by atoms with Crippen LogP contribution < -0.4 is 10.6 Å². The van der Waals surface area contributed by atoms with Crippen molar-refractivity contribution in [1.82, 2.24) is 20.4 Å². The van der Waals surface area contributed by atoms with Crippen LogP contribution in [0.25, 0.3) is 0 Å². The molecule has 0 spiro atoms. The molecule has 2 heterocycles. The van der Waals surface area contributed by atoms with E-state index in [4.69, 9.17) is 9.47 Å². The lowest BCUT2D eigenvalue weighted by molar-refractivity contribution is -0.122. The van der Waals surface area contributed by atoms with Gasteiger partial charge in [0.2, 0.25) is 11.8 Å². The van der Waals surface area contributed by atoms with Crippen molar-refractivity contribution in [2.45, 2.75) is 104 Å². The summed E-state index contributed by atoms with van der Waals surface area (Å²) < 4.78 is 38.3. The van der Waals surface area contributed by atoms with Crippen LogP contribution in [-0.2, 0) is 32.3 Å². The van der Waals surface area contributed by atoms with Crippen LogP contribution >= 0.6 is 0 Å². The van der Waals surface area contributed by atoms with E-state index in [1.165, 1.54) is 24.3 Å². The third-order valence-corrected chi connectivity index (χ3v) is 10.6. The Morgan fingerprint density at radius 3 is 1.33 bits per heavy atom. The Morgan fingerprint density at radius 2 is 0.983 bits per heavy atom. The van der Waals surface area contributed by atoms with Gasteiger partial charge in [0.15, 0.2) is 0 Å². The molecule has 0 unspecified atom stereocenters. The average molecular weight is 797 g/mol. The maximum Gasteiger partial charge on any atom is 0.410 e. The Kier molecular flexibility index (Phi) is 15.8. The summed E-state index contributed by atoms with van der Waals surface area (Å²) in [6.07, 6.45) is 2.48. The molecule has 0 bridgehead atoms. The molecule has 4 amide bonds. The minimum Gasteiger partial charge on any atom is -0.445 e. The Balaban J connectivity index is 0.000000221. The first-order valence-corrected chi connectivity index (χ1v) is 20.0. The van der Waals surface area contributed by atoms with Crippen molar-refractivity contribution >= 4 is 24.0 Å². The maximum absolute atomic E-state index is 13.6. The van der Waals surface area contributed by atoms with Crippen LogP contribution in [0.2, 0.25) is 0 Å². The topological polar surface area (TPSA) is 117 Å². The number of aryl methyl sites for hydroxylation is 2. The van der Waals surface area contributed by atoms with Crippen molar-refractivity contribution in [3.8, 4) is 0 Å². The Bertz CT molecular complexity index is 1860. The standard InChI is InChI=1S/2C23H27FN2O3/c2*1-3-22(27)25-19-11-12-26(23(28)29-15-17-7-5-4-6-8-17)21(14-19)20-10-9-18(24)13-16(20)2/h2*4-10,13,19,21H,3,11-12,14-15H2,1-2H3,(H,25,27)/t2*19-,21+/m10/s1. The zero-order valence-corrected chi connectivity index (χ0v) is 33.7. The smallest absolute Gasteiger partial charge is 0.410 e. The first-order valence-electron chi connectivity index (χ1n) is 20.0. The molecule has 4 atom stereocenters. The van der Waals surface area contributed by atoms with E-state index in [0.29, 0.717) is 51.6 Å². The summed E-state index contributed by atoms with van der Waals surface area (Å²) in [5.74, 6) is -0.637. The number of hydrogen-bond donors (Lipinski definition) is 2. The summed E-state index contributed by atoms with van der Waals surface area (Å²) in [6.45, 7) is 8.61. The highest BCUT2D eigenvalue weighted by molar-refractivity contribution is 5.76. The first-order chi connectivity index (χ1) is 27.9. The summed E-state index contributed by atoms with van der Waals surface area (Å²) in [5, 5.41) is 6.05. The van der Waals surface area contributed by atoms with Crippen LogP contribution in [-0.4, -0.2) is 59.0 Å². The van der Waals surface area contributed by atoms with Crippen LogP contribution in [0, 0.1) is 25.5 Å². The number of amides is 4. The Hall–Kier alpha value is -5.78. The molecular formula is C46H54F2N4O6. The quantitative estimate of drug-likeness (QED) is 0.166. The molecule has 0 radical (unpaired) electrons. The maximum atomic E-state index is 13.6. The molecule has 2 aliphatic heterocycles. The molecule has 0 aromatic heterocycles. The molecule has 2 aliphatic rings. The monoisotopic (exact) mass is 796 g/mol. The minimum atomic E-state index is -0.400. The van der Waals surface area contributed by atoms with Crippen molar-refractivity contribution in [2.75, 3.05) is 13.1 Å². The van der Waals surface area contributed by atoms with Gasteiger partial charge in [0.25, 0.3) is 0 Å². The molecule has 2 N–H and O–H groups in total. The van der Waals surface area contributed by atoms with Crippen molar-refractivity contribution in [3.05, 3.63) is 142 Å². The molecular weight excluding hydrogens is 743 g/mol. The van der Waals surface area contributed by atoms with Crippen LogP contribution in [0.1, 0.15) is 97.8 Å². The predicted octanol–water partition coefficient (Wildman–Crippen LogP) is 9.01. The SMILES string of the molecule is CCC(=O)N[C@@H]1CCN(C(=O)OCc2ccccc2)[C@H](c2ccc(F)cc2C)C1.CCC(=O)N[C@H]1CCN(C(=O)OCc2ccccc2)[C@@H](c2ccc(F)cc2C)C1. The lowest BCUT2D eigenvalue weighted by Gasteiger charge is -2.39. The summed E-state index contributed by atoms with van der Waals surface area (Å²) in [7, 11) is 0. The predicted molar refractivity (Wildman–Crippen MR) is 217 cm³/mol. The van der Waals surface area contributed by atoms with Crippen LogP contribution in [0.15, 0.2) is 97.1 Å². The summed E-state index contributed by atoms with van der Waals surface area (Å²) in [6, 6.07) is 27.6. The van der Waals surface area contributed by atoms with Gasteiger partial charge < -0.3 is 29.9 Å². The number of carbonyl (C=O) groups excluding carboxylic acids is 4. The van der Waals surface area contributed by atoms with Gasteiger partial charge in [-0.25, -0.2) is 18.4 Å². The fraction of sp³-hybridized carbons (Fsp3) is 0.391. The normalized spacial score (nSPS) is 18.9. The molecule has 308 valence electrons. The number of halogens is 2. The van der Waals surface area contributed by atoms with E-state index in [0.717, 1.165) is 33.4 Å². The molecule has 0 saturated carbocycles. The molecule has 58 heavy (non-hydrogen) atoms. The largest absolute Gasteiger partial charge is 0.445 e. The van der Waals surface area contributed by atoms with Gasteiger partial charge in [-0.3, -0.25) is 9.59 Å². The summed E-state index contributed by atoms with van der Waals surface area (Å²) in [4.78, 5) is 52.8. The number of nitrogens with zero attached hydrogens (tertiary/aromatic N) is 2. The fourth-order valence-corrected chi connectivity index (χ4v) is 7.51. The minimum absolute atomic E-state index is 0.00955. The number of piperidine rings is 2. The summed E-state index contributed by atoms with van der Waals surface area (Å²) in [5.41, 5.74) is 5.13. The number of ether oxygens (including phenoxy) is 2. The number of carbonyl (C=O) groups is 4. The van der Waals surface area contributed by atoms with Crippen LogP contribution in [0.5, 0.6) is 0 Å². The second-order valence-electron chi connectivity index (χ2n) is 14.8. The third kappa shape index (κ3) is 12.1. The fourth-order valence-electron chi connectivity index (χ4n) is 7.51. The molecule has 2 fully saturated rings. The third-order valence-electron chi connectivity index (χ3n) is 10.6. The zero-order valence-electron chi connectivity index (χ0n) is 33.7. The second-order valence-corrected chi connectivity index (χ2v) is 14.8. The molecule has 2 saturated heterocycles. The number of benzene rings is 4. The van der Waals surface area contributed by atoms with Crippen molar-refractivity contribution < 1.29 is 37.4 Å². The molecule has 10 nitrogen and oxygen atoms in total. The van der Waals surface area contributed by atoms with Crippen molar-refractivity contribution in [1.29, 1.82) is 0 Å². The molecule has 12 heteroatoms. The van der Waals surface area contributed by atoms with E-state index in [2.05, 4.69) is 10.6 Å². The average Bonchev–Trinajstić information content (AvgIpc) is 3.23. The molecule has 4 aromatic rings. The molecule has 6 rings (SSSR count). The zero-order chi connectivity index (χ0) is 41.6.